The van der Waals surface area contributed by atoms with Crippen LogP contribution in [0, 0.1) is 0 Å². The van der Waals surface area contributed by atoms with Crippen molar-refractivity contribution in [1.29, 1.82) is 0 Å². The normalized spacial score (nSPS) is 12.7. The van der Waals surface area contributed by atoms with E-state index in [1.54, 1.807) is 0 Å². The smallest absolute Gasteiger partial charge is 0.0607 e. The van der Waals surface area contributed by atoms with Gasteiger partial charge in [0.1, 0.15) is 0 Å². The first-order chi connectivity index (χ1) is 4.04. The lowest BCUT2D eigenvalue weighted by Gasteiger charge is -2.32. The van der Waals surface area contributed by atoms with Crippen LogP contribution in [0.2, 0.25) is 0 Å². The van der Waals surface area contributed by atoms with Crippen molar-refractivity contribution in [3.63, 3.8) is 0 Å². The molecule has 0 N–H and O–H groups in total. The maximum Gasteiger partial charge on any atom is 0.0607 e. The molecular weight excluding hydrogens is 130 g/mol. The fourth-order valence-corrected chi connectivity index (χ4v) is 0.977. The standard InChI is InChI=1S/C7H17NS/c1-6-8(4)7(2,3)9-5/h6H2,1-5H3. The molecule has 0 saturated carbocycles. The minimum atomic E-state index is 0.300. The van der Waals surface area contributed by atoms with E-state index in [1.807, 2.05) is 11.8 Å². The Kier molecular flexibility index (Phi) is 3.59. The summed E-state index contributed by atoms with van der Waals surface area (Å²) in [4.78, 5) is 2.63. The van der Waals surface area contributed by atoms with Gasteiger partial charge in [0.2, 0.25) is 0 Å². The second kappa shape index (κ2) is 3.47. The van der Waals surface area contributed by atoms with Crippen LogP contribution in [0.1, 0.15) is 20.8 Å². The lowest BCUT2D eigenvalue weighted by Crippen LogP contribution is -2.37. The highest BCUT2D eigenvalue weighted by Gasteiger charge is 2.19. The third-order valence-corrected chi connectivity index (χ3v) is 3.20. The number of thioether (sulfide) groups is 1. The molecule has 56 valence electrons. The Bertz CT molecular complexity index is 81.0. The van der Waals surface area contributed by atoms with E-state index in [9.17, 15) is 0 Å². The first-order valence-corrected chi connectivity index (χ1v) is 4.53. The first kappa shape index (κ1) is 9.31. The summed E-state index contributed by atoms with van der Waals surface area (Å²) in [5.41, 5.74) is 0. The largest absolute Gasteiger partial charge is 0.293 e. The Balaban J connectivity index is 3.80. The van der Waals surface area contributed by atoms with Gasteiger partial charge in [-0.1, -0.05) is 6.92 Å². The highest BCUT2D eigenvalue weighted by Crippen LogP contribution is 2.23. The average molecular weight is 147 g/mol. The molecule has 0 aliphatic carbocycles. The third-order valence-electron chi connectivity index (χ3n) is 1.89. The molecule has 0 heterocycles. The Morgan fingerprint density at radius 2 is 1.89 bits per heavy atom. The molecular formula is C7H17NS. The maximum atomic E-state index is 2.33. The van der Waals surface area contributed by atoms with Crippen LogP contribution in [0.5, 0.6) is 0 Å². The summed E-state index contributed by atoms with van der Waals surface area (Å²) in [6, 6.07) is 0. The number of nitrogens with zero attached hydrogens (tertiary/aromatic N) is 1. The van der Waals surface area contributed by atoms with Gasteiger partial charge < -0.3 is 0 Å². The Hall–Kier alpha value is 0.310. The van der Waals surface area contributed by atoms with Crippen molar-refractivity contribution in [3.8, 4) is 0 Å². The van der Waals surface area contributed by atoms with E-state index < -0.39 is 0 Å². The van der Waals surface area contributed by atoms with Crippen LogP contribution in [0.25, 0.3) is 0 Å². The summed E-state index contributed by atoms with van der Waals surface area (Å²) >= 11 is 1.89. The highest BCUT2D eigenvalue weighted by molar-refractivity contribution is 7.99. The van der Waals surface area contributed by atoms with Crippen LogP contribution in [0.15, 0.2) is 0 Å². The predicted octanol–water partition coefficient (Wildman–Crippen LogP) is 2.04. The van der Waals surface area contributed by atoms with Crippen LogP contribution in [0.3, 0.4) is 0 Å². The Labute approximate surface area is 62.8 Å². The fraction of sp³-hybridized carbons (Fsp3) is 1.00. The summed E-state index contributed by atoms with van der Waals surface area (Å²) in [7, 11) is 2.15. The number of hydrogen-bond donors (Lipinski definition) is 0. The predicted molar refractivity (Wildman–Crippen MR) is 45.9 cm³/mol. The molecule has 0 aromatic rings. The van der Waals surface area contributed by atoms with Crippen molar-refractivity contribution < 1.29 is 0 Å². The van der Waals surface area contributed by atoms with E-state index in [1.165, 1.54) is 0 Å². The third kappa shape index (κ3) is 2.59. The highest BCUT2D eigenvalue weighted by atomic mass is 32.2. The zero-order valence-corrected chi connectivity index (χ0v) is 7.88. The number of rotatable bonds is 3. The molecule has 0 spiro atoms. The summed E-state index contributed by atoms with van der Waals surface area (Å²) in [6.07, 6.45) is 2.14. The summed E-state index contributed by atoms with van der Waals surface area (Å²) in [6.45, 7) is 7.77. The molecule has 0 atom stereocenters. The summed E-state index contributed by atoms with van der Waals surface area (Å²) < 4.78 is 0. The van der Waals surface area contributed by atoms with Crippen LogP contribution >= 0.6 is 11.8 Å². The second-order valence-electron chi connectivity index (χ2n) is 2.67. The van der Waals surface area contributed by atoms with Crippen molar-refractivity contribution in [3.05, 3.63) is 0 Å². The van der Waals surface area contributed by atoms with Gasteiger partial charge in [-0.05, 0) is 33.7 Å². The zero-order chi connectivity index (χ0) is 7.49. The van der Waals surface area contributed by atoms with Gasteiger partial charge in [0, 0.05) is 0 Å². The van der Waals surface area contributed by atoms with Crippen molar-refractivity contribution in [2.24, 2.45) is 0 Å². The SMILES string of the molecule is CCN(C)C(C)(C)SC. The van der Waals surface area contributed by atoms with E-state index in [2.05, 4.69) is 39.0 Å². The van der Waals surface area contributed by atoms with Gasteiger partial charge in [0.15, 0.2) is 0 Å². The minimum Gasteiger partial charge on any atom is -0.293 e. The Morgan fingerprint density at radius 1 is 1.44 bits per heavy atom. The molecule has 0 aliphatic heterocycles. The molecule has 2 heteroatoms. The van der Waals surface area contributed by atoms with Gasteiger partial charge in [-0.25, -0.2) is 0 Å². The van der Waals surface area contributed by atoms with Crippen molar-refractivity contribution in [2.75, 3.05) is 19.8 Å². The lowest BCUT2D eigenvalue weighted by atomic mass is 10.3. The van der Waals surface area contributed by atoms with Crippen LogP contribution < -0.4 is 0 Å². The van der Waals surface area contributed by atoms with Gasteiger partial charge >= 0.3 is 0 Å². The molecule has 0 aromatic heterocycles. The van der Waals surface area contributed by atoms with Gasteiger partial charge in [-0.3, -0.25) is 4.90 Å². The molecule has 0 saturated heterocycles. The van der Waals surface area contributed by atoms with E-state index in [4.69, 9.17) is 0 Å². The van der Waals surface area contributed by atoms with Crippen molar-refractivity contribution in [1.82, 2.24) is 4.90 Å². The van der Waals surface area contributed by atoms with E-state index >= 15 is 0 Å². The Morgan fingerprint density at radius 3 is 2.00 bits per heavy atom. The topological polar surface area (TPSA) is 3.24 Å². The van der Waals surface area contributed by atoms with Gasteiger partial charge in [-0.15, -0.1) is 11.8 Å². The monoisotopic (exact) mass is 147 g/mol. The average Bonchev–Trinajstić information content (AvgIpc) is 1.86. The maximum absolute atomic E-state index is 2.33. The molecule has 0 amide bonds. The van der Waals surface area contributed by atoms with E-state index in [-0.39, 0.29) is 0 Å². The van der Waals surface area contributed by atoms with Crippen molar-refractivity contribution >= 4 is 11.8 Å². The summed E-state index contributed by atoms with van der Waals surface area (Å²) in [5, 5.41) is 0. The molecule has 0 aliphatic rings. The van der Waals surface area contributed by atoms with Crippen molar-refractivity contribution in [2.45, 2.75) is 25.6 Å². The van der Waals surface area contributed by atoms with Crippen LogP contribution in [-0.4, -0.2) is 29.6 Å². The lowest BCUT2D eigenvalue weighted by molar-refractivity contribution is 0.258. The molecule has 9 heavy (non-hydrogen) atoms. The quantitative estimate of drug-likeness (QED) is 0.562. The molecule has 0 rings (SSSR count). The molecule has 0 radical (unpaired) electrons. The van der Waals surface area contributed by atoms with E-state index in [0.29, 0.717) is 4.87 Å². The molecule has 0 aromatic carbocycles. The van der Waals surface area contributed by atoms with E-state index in [0.717, 1.165) is 6.54 Å². The second-order valence-corrected chi connectivity index (χ2v) is 4.07. The fourth-order valence-electron chi connectivity index (χ4n) is 0.537. The summed E-state index contributed by atoms with van der Waals surface area (Å²) in [5.74, 6) is 0. The van der Waals surface area contributed by atoms with Crippen LogP contribution in [-0.2, 0) is 0 Å². The molecule has 0 fully saturated rings. The first-order valence-electron chi connectivity index (χ1n) is 3.31. The van der Waals surface area contributed by atoms with Gasteiger partial charge in [-0.2, -0.15) is 0 Å². The van der Waals surface area contributed by atoms with Gasteiger partial charge in [0.25, 0.3) is 0 Å². The number of hydrogen-bond acceptors (Lipinski definition) is 2. The molecule has 1 nitrogen and oxygen atoms in total. The molecule has 0 bridgehead atoms. The zero-order valence-electron chi connectivity index (χ0n) is 7.06. The van der Waals surface area contributed by atoms with Gasteiger partial charge in [0.05, 0.1) is 4.87 Å². The minimum absolute atomic E-state index is 0.300. The molecule has 0 unspecified atom stereocenters. The van der Waals surface area contributed by atoms with Crippen LogP contribution in [0.4, 0.5) is 0 Å².